The molecule has 2 atom stereocenters. The number of unbranched alkanes of at least 4 members (excludes halogenated alkanes) is 1. The first-order valence-corrected chi connectivity index (χ1v) is 5.49. The number of hydrogen-bond donors (Lipinski definition) is 0. The molecule has 0 aliphatic carbocycles. The van der Waals surface area contributed by atoms with Crippen LogP contribution in [0.5, 0.6) is 0 Å². The van der Waals surface area contributed by atoms with Crippen LogP contribution in [-0.4, -0.2) is 18.0 Å². The maximum Gasteiger partial charge on any atom is 0.168 e. The van der Waals surface area contributed by atoms with Gasteiger partial charge in [0.05, 0.1) is 12.2 Å². The van der Waals surface area contributed by atoms with E-state index < -0.39 is 0 Å². The summed E-state index contributed by atoms with van der Waals surface area (Å²) in [5.74, 6) is -0.269. The molecule has 0 saturated carbocycles. The van der Waals surface area contributed by atoms with Crippen LogP contribution >= 0.6 is 0 Å². The van der Waals surface area contributed by atoms with E-state index in [1.807, 2.05) is 0 Å². The Morgan fingerprint density at radius 2 is 1.62 bits per heavy atom. The molecule has 0 amide bonds. The highest BCUT2D eigenvalue weighted by molar-refractivity contribution is 4.80. The van der Waals surface area contributed by atoms with E-state index >= 15 is 0 Å². The highest BCUT2D eigenvalue weighted by Crippen LogP contribution is 2.35. The summed E-state index contributed by atoms with van der Waals surface area (Å²) in [6.45, 7) is 8.52. The lowest BCUT2D eigenvalue weighted by molar-refractivity contribution is -0.180. The van der Waals surface area contributed by atoms with Crippen molar-refractivity contribution in [2.45, 2.75) is 71.4 Å². The van der Waals surface area contributed by atoms with E-state index in [1.165, 1.54) is 12.8 Å². The third kappa shape index (κ3) is 2.44. The van der Waals surface area contributed by atoms with Crippen molar-refractivity contribution < 1.29 is 9.47 Å². The summed E-state index contributed by atoms with van der Waals surface area (Å²) >= 11 is 0. The fraction of sp³-hybridized carbons (Fsp3) is 1.00. The molecule has 1 aliphatic heterocycles. The lowest BCUT2D eigenvalue weighted by Gasteiger charge is -2.26. The molecule has 1 fully saturated rings. The lowest BCUT2D eigenvalue weighted by atomic mass is 10.1. The summed E-state index contributed by atoms with van der Waals surface area (Å²) in [6, 6.07) is 0. The fourth-order valence-electron chi connectivity index (χ4n) is 1.80. The molecular formula is C11H22O2. The van der Waals surface area contributed by atoms with Gasteiger partial charge in [-0.2, -0.15) is 0 Å². The van der Waals surface area contributed by atoms with E-state index in [0.29, 0.717) is 0 Å². The Bertz CT molecular complexity index is 146. The van der Waals surface area contributed by atoms with Crippen molar-refractivity contribution in [3.05, 3.63) is 0 Å². The predicted molar refractivity (Wildman–Crippen MR) is 53.6 cm³/mol. The van der Waals surface area contributed by atoms with Crippen LogP contribution in [0, 0.1) is 0 Å². The van der Waals surface area contributed by atoms with E-state index in [4.69, 9.17) is 9.47 Å². The lowest BCUT2D eigenvalue weighted by Crippen LogP contribution is -2.29. The molecule has 0 aromatic rings. The van der Waals surface area contributed by atoms with E-state index in [2.05, 4.69) is 27.7 Å². The average Bonchev–Trinajstić information content (AvgIpc) is 2.40. The summed E-state index contributed by atoms with van der Waals surface area (Å²) in [4.78, 5) is 0. The largest absolute Gasteiger partial charge is 0.344 e. The zero-order valence-electron chi connectivity index (χ0n) is 9.30. The Balaban J connectivity index is 2.51. The molecule has 1 rings (SSSR count). The highest BCUT2D eigenvalue weighted by Gasteiger charge is 2.41. The number of rotatable bonds is 4. The van der Waals surface area contributed by atoms with Gasteiger partial charge in [-0.3, -0.25) is 0 Å². The molecular weight excluding hydrogens is 164 g/mol. The molecule has 0 radical (unpaired) electrons. The van der Waals surface area contributed by atoms with E-state index in [9.17, 15) is 0 Å². The molecule has 2 heteroatoms. The van der Waals surface area contributed by atoms with Gasteiger partial charge in [0.15, 0.2) is 5.79 Å². The van der Waals surface area contributed by atoms with Crippen LogP contribution in [-0.2, 0) is 9.47 Å². The molecule has 0 aromatic carbocycles. The summed E-state index contributed by atoms with van der Waals surface area (Å²) in [5.41, 5.74) is 0. The van der Waals surface area contributed by atoms with E-state index in [1.54, 1.807) is 0 Å². The molecule has 78 valence electrons. The van der Waals surface area contributed by atoms with Gasteiger partial charge in [0.2, 0.25) is 0 Å². The van der Waals surface area contributed by atoms with Crippen LogP contribution in [0.25, 0.3) is 0 Å². The zero-order valence-corrected chi connectivity index (χ0v) is 9.30. The van der Waals surface area contributed by atoms with Gasteiger partial charge in [-0.05, 0) is 26.7 Å². The van der Waals surface area contributed by atoms with Crippen molar-refractivity contribution in [2.24, 2.45) is 0 Å². The Labute approximate surface area is 81.6 Å². The summed E-state index contributed by atoms with van der Waals surface area (Å²) in [6.07, 6.45) is 4.88. The van der Waals surface area contributed by atoms with Crippen LogP contribution in [0.3, 0.4) is 0 Å². The van der Waals surface area contributed by atoms with Crippen molar-refractivity contribution in [1.82, 2.24) is 0 Å². The summed E-state index contributed by atoms with van der Waals surface area (Å²) in [5, 5.41) is 0. The van der Waals surface area contributed by atoms with Crippen molar-refractivity contribution >= 4 is 0 Å². The molecule has 1 heterocycles. The topological polar surface area (TPSA) is 18.5 Å². The van der Waals surface area contributed by atoms with Gasteiger partial charge in [0, 0.05) is 6.42 Å². The molecule has 1 saturated heterocycles. The normalized spacial score (nSPS) is 39.7. The van der Waals surface area contributed by atoms with Gasteiger partial charge in [-0.1, -0.05) is 20.3 Å². The summed E-state index contributed by atoms with van der Waals surface area (Å²) in [7, 11) is 0. The fourth-order valence-corrected chi connectivity index (χ4v) is 1.80. The van der Waals surface area contributed by atoms with E-state index in [0.717, 1.165) is 12.8 Å². The zero-order chi connectivity index (χ0) is 9.90. The van der Waals surface area contributed by atoms with Gasteiger partial charge in [0.1, 0.15) is 0 Å². The van der Waals surface area contributed by atoms with Crippen LogP contribution in [0.4, 0.5) is 0 Å². The van der Waals surface area contributed by atoms with Crippen LogP contribution < -0.4 is 0 Å². The molecule has 0 bridgehead atoms. The van der Waals surface area contributed by atoms with Gasteiger partial charge in [-0.25, -0.2) is 0 Å². The second-order valence-electron chi connectivity index (χ2n) is 4.01. The van der Waals surface area contributed by atoms with Gasteiger partial charge in [0.25, 0.3) is 0 Å². The van der Waals surface area contributed by atoms with Crippen molar-refractivity contribution in [3.63, 3.8) is 0 Å². The minimum Gasteiger partial charge on any atom is -0.344 e. The highest BCUT2D eigenvalue weighted by atomic mass is 16.8. The smallest absolute Gasteiger partial charge is 0.168 e. The minimum atomic E-state index is -0.269. The van der Waals surface area contributed by atoms with Crippen molar-refractivity contribution in [1.29, 1.82) is 0 Å². The third-order valence-electron chi connectivity index (χ3n) is 2.91. The number of hydrogen-bond acceptors (Lipinski definition) is 2. The van der Waals surface area contributed by atoms with Gasteiger partial charge >= 0.3 is 0 Å². The maximum atomic E-state index is 5.89. The van der Waals surface area contributed by atoms with E-state index in [-0.39, 0.29) is 18.0 Å². The van der Waals surface area contributed by atoms with Crippen molar-refractivity contribution in [2.75, 3.05) is 0 Å². The SMILES string of the molecule is CCCCC1(CC)OC(C)C(C)O1. The monoisotopic (exact) mass is 186 g/mol. The van der Waals surface area contributed by atoms with Crippen molar-refractivity contribution in [3.8, 4) is 0 Å². The number of ether oxygens (including phenoxy) is 2. The maximum absolute atomic E-state index is 5.89. The van der Waals surface area contributed by atoms with Gasteiger partial charge < -0.3 is 9.47 Å². The minimum absolute atomic E-state index is 0.247. The summed E-state index contributed by atoms with van der Waals surface area (Å²) < 4.78 is 11.8. The first kappa shape index (κ1) is 11.0. The third-order valence-corrected chi connectivity index (χ3v) is 2.91. The Morgan fingerprint density at radius 3 is 2.00 bits per heavy atom. The molecule has 0 spiro atoms. The second-order valence-corrected chi connectivity index (χ2v) is 4.01. The quantitative estimate of drug-likeness (QED) is 0.671. The Kier molecular flexibility index (Phi) is 3.74. The van der Waals surface area contributed by atoms with Gasteiger partial charge in [-0.15, -0.1) is 0 Å². The molecule has 2 unspecified atom stereocenters. The molecule has 13 heavy (non-hydrogen) atoms. The molecule has 0 N–H and O–H groups in total. The van der Waals surface area contributed by atoms with Crippen LogP contribution in [0.15, 0.2) is 0 Å². The molecule has 1 aliphatic rings. The second kappa shape index (κ2) is 4.43. The first-order valence-electron chi connectivity index (χ1n) is 5.49. The predicted octanol–water partition coefficient (Wildman–Crippen LogP) is 3.11. The molecule has 2 nitrogen and oxygen atoms in total. The van der Waals surface area contributed by atoms with Crippen LogP contribution in [0.1, 0.15) is 53.4 Å². The Morgan fingerprint density at radius 1 is 1.08 bits per heavy atom. The molecule has 0 aromatic heterocycles. The average molecular weight is 186 g/mol. The Hall–Kier alpha value is -0.0800. The standard InChI is InChI=1S/C11H22O2/c1-5-7-8-11(6-2)12-9(3)10(4)13-11/h9-10H,5-8H2,1-4H3. The van der Waals surface area contributed by atoms with Crippen LogP contribution in [0.2, 0.25) is 0 Å². The first-order chi connectivity index (χ1) is 6.13.